The van der Waals surface area contributed by atoms with Crippen molar-refractivity contribution in [1.82, 2.24) is 9.88 Å². The van der Waals surface area contributed by atoms with Crippen molar-refractivity contribution < 1.29 is 9.53 Å². The quantitative estimate of drug-likeness (QED) is 0.877. The Kier molecular flexibility index (Phi) is 4.74. The average Bonchev–Trinajstić information content (AvgIpc) is 2.91. The second-order valence-electron chi connectivity index (χ2n) is 4.84. The molecule has 5 heteroatoms. The van der Waals surface area contributed by atoms with Gasteiger partial charge in [-0.3, -0.25) is 4.79 Å². The van der Waals surface area contributed by atoms with E-state index in [4.69, 9.17) is 4.74 Å². The van der Waals surface area contributed by atoms with Crippen LogP contribution in [0, 0.1) is 0 Å². The molecule has 1 aliphatic rings. The Morgan fingerprint density at radius 1 is 1.58 bits per heavy atom. The summed E-state index contributed by atoms with van der Waals surface area (Å²) in [6.07, 6.45) is 4.13. The van der Waals surface area contributed by atoms with Crippen molar-refractivity contribution in [3.05, 3.63) is 23.9 Å². The van der Waals surface area contributed by atoms with Gasteiger partial charge in [-0.15, -0.1) is 0 Å². The summed E-state index contributed by atoms with van der Waals surface area (Å²) in [5.74, 6) is 0.908. The molecule has 1 amide bonds. The monoisotopic (exact) mass is 263 g/mol. The molecule has 0 radical (unpaired) electrons. The van der Waals surface area contributed by atoms with E-state index in [1.807, 2.05) is 24.1 Å². The van der Waals surface area contributed by atoms with Gasteiger partial charge in [0.15, 0.2) is 0 Å². The van der Waals surface area contributed by atoms with Crippen molar-refractivity contribution in [2.75, 3.05) is 25.5 Å². The van der Waals surface area contributed by atoms with Crippen LogP contribution in [0.1, 0.15) is 25.3 Å². The van der Waals surface area contributed by atoms with E-state index < -0.39 is 0 Å². The summed E-state index contributed by atoms with van der Waals surface area (Å²) in [5.41, 5.74) is 1.03. The summed E-state index contributed by atoms with van der Waals surface area (Å²) in [5, 5.41) is 2.98. The summed E-state index contributed by atoms with van der Waals surface area (Å²) in [6, 6.07) is 3.91. The van der Waals surface area contributed by atoms with Crippen molar-refractivity contribution in [2.24, 2.45) is 0 Å². The number of amides is 1. The van der Waals surface area contributed by atoms with E-state index in [-0.39, 0.29) is 12.0 Å². The van der Waals surface area contributed by atoms with Crippen LogP contribution in [0.25, 0.3) is 0 Å². The van der Waals surface area contributed by atoms with E-state index in [1.165, 1.54) is 0 Å². The van der Waals surface area contributed by atoms with Crippen LogP contribution in [0.15, 0.2) is 18.3 Å². The molecule has 1 fully saturated rings. The normalized spacial score (nSPS) is 18.3. The van der Waals surface area contributed by atoms with Crippen molar-refractivity contribution in [2.45, 2.75) is 32.4 Å². The number of anilines is 1. The topological polar surface area (TPSA) is 54.5 Å². The number of ether oxygens (including phenoxy) is 1. The van der Waals surface area contributed by atoms with Crippen molar-refractivity contribution in [1.29, 1.82) is 0 Å². The summed E-state index contributed by atoms with van der Waals surface area (Å²) in [6.45, 7) is 3.68. The maximum Gasteiger partial charge on any atom is 0.219 e. The van der Waals surface area contributed by atoms with Crippen LogP contribution in [-0.4, -0.2) is 42.1 Å². The molecule has 19 heavy (non-hydrogen) atoms. The number of hydrogen-bond acceptors (Lipinski definition) is 4. The highest BCUT2D eigenvalue weighted by molar-refractivity contribution is 5.73. The van der Waals surface area contributed by atoms with Gasteiger partial charge in [0, 0.05) is 39.9 Å². The molecule has 0 unspecified atom stereocenters. The lowest BCUT2D eigenvalue weighted by atomic mass is 10.2. The Morgan fingerprint density at radius 3 is 2.95 bits per heavy atom. The zero-order chi connectivity index (χ0) is 13.7. The number of nitrogens with zero attached hydrogens (tertiary/aromatic N) is 2. The standard InChI is InChI=1S/C14H21N3O2/c1-11(18)17(10-13-4-3-7-19-13)9-12-5-6-14(15-2)16-8-12/h5-6,8,13H,3-4,7,9-10H2,1-2H3,(H,15,16)/t13-/m0/s1. The molecule has 1 N–H and O–H groups in total. The first-order valence-corrected chi connectivity index (χ1v) is 6.69. The molecule has 2 rings (SSSR count). The van der Waals surface area contributed by atoms with Crippen molar-refractivity contribution in [3.8, 4) is 0 Å². The molecule has 1 aliphatic heterocycles. The van der Waals surface area contributed by atoms with Gasteiger partial charge in [-0.1, -0.05) is 6.07 Å². The average molecular weight is 263 g/mol. The summed E-state index contributed by atoms with van der Waals surface area (Å²) in [4.78, 5) is 17.8. The molecular formula is C14H21N3O2. The zero-order valence-electron chi connectivity index (χ0n) is 11.6. The number of carbonyl (C=O) groups excluding carboxylic acids is 1. The predicted molar refractivity (Wildman–Crippen MR) is 73.8 cm³/mol. The van der Waals surface area contributed by atoms with Gasteiger partial charge in [-0.05, 0) is 24.5 Å². The van der Waals surface area contributed by atoms with Crippen LogP contribution >= 0.6 is 0 Å². The molecule has 0 saturated carbocycles. The Labute approximate surface area is 114 Å². The molecule has 0 spiro atoms. The van der Waals surface area contributed by atoms with Crippen LogP contribution in [-0.2, 0) is 16.1 Å². The second kappa shape index (κ2) is 6.52. The smallest absolute Gasteiger partial charge is 0.219 e. The maximum atomic E-state index is 11.7. The Hall–Kier alpha value is -1.62. The first kappa shape index (κ1) is 13.8. The van der Waals surface area contributed by atoms with Gasteiger partial charge < -0.3 is 15.0 Å². The second-order valence-corrected chi connectivity index (χ2v) is 4.84. The van der Waals surface area contributed by atoms with E-state index in [0.29, 0.717) is 13.1 Å². The summed E-state index contributed by atoms with van der Waals surface area (Å²) < 4.78 is 5.59. The van der Waals surface area contributed by atoms with Crippen molar-refractivity contribution >= 4 is 11.7 Å². The number of pyridine rings is 1. The SMILES string of the molecule is CNc1ccc(CN(C[C@@H]2CCCO2)C(C)=O)cn1. The summed E-state index contributed by atoms with van der Waals surface area (Å²) >= 11 is 0. The molecule has 104 valence electrons. The highest BCUT2D eigenvalue weighted by Gasteiger charge is 2.20. The lowest BCUT2D eigenvalue weighted by Gasteiger charge is -2.24. The molecule has 0 aromatic carbocycles. The molecule has 0 bridgehead atoms. The van der Waals surface area contributed by atoms with E-state index >= 15 is 0 Å². The molecule has 0 aliphatic carbocycles. The zero-order valence-corrected chi connectivity index (χ0v) is 11.6. The summed E-state index contributed by atoms with van der Waals surface area (Å²) in [7, 11) is 1.83. The Balaban J connectivity index is 1.96. The molecule has 1 aromatic rings. The molecule has 2 heterocycles. The fourth-order valence-corrected chi connectivity index (χ4v) is 2.22. The van der Waals surface area contributed by atoms with Crippen LogP contribution in [0.2, 0.25) is 0 Å². The minimum absolute atomic E-state index is 0.0770. The first-order chi connectivity index (χ1) is 9.19. The van der Waals surface area contributed by atoms with Gasteiger partial charge >= 0.3 is 0 Å². The van der Waals surface area contributed by atoms with E-state index in [0.717, 1.165) is 30.8 Å². The number of nitrogens with one attached hydrogen (secondary N) is 1. The van der Waals surface area contributed by atoms with Gasteiger partial charge in [0.05, 0.1) is 6.10 Å². The maximum absolute atomic E-state index is 11.7. The van der Waals surface area contributed by atoms with Crippen LogP contribution < -0.4 is 5.32 Å². The highest BCUT2D eigenvalue weighted by atomic mass is 16.5. The number of hydrogen-bond donors (Lipinski definition) is 1. The van der Waals surface area contributed by atoms with E-state index in [9.17, 15) is 4.79 Å². The fourth-order valence-electron chi connectivity index (χ4n) is 2.22. The highest BCUT2D eigenvalue weighted by Crippen LogP contribution is 2.15. The van der Waals surface area contributed by atoms with Crippen LogP contribution in [0.3, 0.4) is 0 Å². The Bertz CT molecular complexity index is 413. The number of rotatable bonds is 5. The fraction of sp³-hybridized carbons (Fsp3) is 0.571. The largest absolute Gasteiger partial charge is 0.376 e. The van der Waals surface area contributed by atoms with E-state index in [2.05, 4.69) is 10.3 Å². The molecule has 1 atom stereocenters. The molecular weight excluding hydrogens is 242 g/mol. The van der Waals surface area contributed by atoms with E-state index in [1.54, 1.807) is 13.1 Å². The minimum Gasteiger partial charge on any atom is -0.376 e. The molecule has 1 aromatic heterocycles. The predicted octanol–water partition coefficient (Wildman–Crippen LogP) is 1.65. The van der Waals surface area contributed by atoms with Crippen molar-refractivity contribution in [3.63, 3.8) is 0 Å². The third-order valence-electron chi connectivity index (χ3n) is 3.35. The van der Waals surface area contributed by atoms with Gasteiger partial charge in [-0.2, -0.15) is 0 Å². The van der Waals surface area contributed by atoms with Gasteiger partial charge in [0.25, 0.3) is 0 Å². The third-order valence-corrected chi connectivity index (χ3v) is 3.35. The first-order valence-electron chi connectivity index (χ1n) is 6.69. The lowest BCUT2D eigenvalue weighted by molar-refractivity contribution is -0.131. The number of aromatic nitrogens is 1. The Morgan fingerprint density at radius 2 is 2.42 bits per heavy atom. The van der Waals surface area contributed by atoms with Gasteiger partial charge in [0.1, 0.15) is 5.82 Å². The third kappa shape index (κ3) is 3.92. The number of carbonyl (C=O) groups is 1. The van der Waals surface area contributed by atoms with Gasteiger partial charge in [0.2, 0.25) is 5.91 Å². The molecule has 5 nitrogen and oxygen atoms in total. The molecule has 1 saturated heterocycles. The minimum atomic E-state index is 0.0770. The lowest BCUT2D eigenvalue weighted by Crippen LogP contribution is -2.35. The van der Waals surface area contributed by atoms with Gasteiger partial charge in [-0.25, -0.2) is 4.98 Å². The van der Waals surface area contributed by atoms with Crippen LogP contribution in [0.5, 0.6) is 0 Å². The van der Waals surface area contributed by atoms with Crippen LogP contribution in [0.4, 0.5) is 5.82 Å².